The van der Waals surface area contributed by atoms with Crippen LogP contribution in [0.4, 0.5) is 0 Å². The van der Waals surface area contributed by atoms with Gasteiger partial charge in [0, 0.05) is 11.6 Å². The molecule has 1 heterocycles. The maximum absolute atomic E-state index is 13.3. The molecule has 0 aliphatic heterocycles. The number of para-hydroxylation sites is 1. The highest BCUT2D eigenvalue weighted by molar-refractivity contribution is 5.91. The number of carbonyl (C=O) groups is 1. The molecule has 0 spiro atoms. The van der Waals surface area contributed by atoms with Crippen molar-refractivity contribution in [2.45, 2.75) is 26.2 Å². The first-order valence-corrected chi connectivity index (χ1v) is 11.5. The lowest BCUT2D eigenvalue weighted by atomic mass is 9.86. The van der Waals surface area contributed by atoms with Gasteiger partial charge in [0.05, 0.1) is 19.6 Å². The molecule has 3 aromatic carbocycles. The fourth-order valence-electron chi connectivity index (χ4n) is 3.78. The Hall–Kier alpha value is -4.32. The molecule has 0 bridgehead atoms. The fourth-order valence-corrected chi connectivity index (χ4v) is 3.78. The number of benzene rings is 3. The van der Waals surface area contributed by atoms with Crippen LogP contribution in [-0.4, -0.2) is 20.2 Å². The molecule has 6 heteroatoms. The van der Waals surface area contributed by atoms with Crippen LogP contribution >= 0.6 is 0 Å². The number of hydrogen-bond acceptors (Lipinski definition) is 6. The highest BCUT2D eigenvalue weighted by atomic mass is 16.5. The van der Waals surface area contributed by atoms with Gasteiger partial charge in [0.1, 0.15) is 5.58 Å². The first kappa shape index (κ1) is 24.8. The fraction of sp³-hybridized carbons (Fsp3) is 0.200. The van der Waals surface area contributed by atoms with Crippen LogP contribution in [-0.2, 0) is 10.2 Å². The number of fused-ring (bicyclic) bond motifs is 1. The molecule has 36 heavy (non-hydrogen) atoms. The summed E-state index contributed by atoms with van der Waals surface area (Å²) in [7, 11) is 3.09. The van der Waals surface area contributed by atoms with Gasteiger partial charge < -0.3 is 18.6 Å². The first-order chi connectivity index (χ1) is 17.2. The zero-order chi connectivity index (χ0) is 25.9. The lowest BCUT2D eigenvalue weighted by molar-refractivity contribution is -0.129. The molecule has 0 saturated heterocycles. The van der Waals surface area contributed by atoms with Gasteiger partial charge in [0.25, 0.3) is 0 Å². The zero-order valence-corrected chi connectivity index (χ0v) is 21.0. The molecular formula is C30H28O6. The predicted octanol–water partition coefficient (Wildman–Crippen LogP) is 6.39. The van der Waals surface area contributed by atoms with Crippen LogP contribution in [0.5, 0.6) is 17.2 Å². The maximum atomic E-state index is 13.3. The summed E-state index contributed by atoms with van der Waals surface area (Å²) in [6.07, 6.45) is 2.83. The lowest BCUT2D eigenvalue weighted by Crippen LogP contribution is -2.14. The largest absolute Gasteiger partial charge is 0.493 e. The van der Waals surface area contributed by atoms with Crippen molar-refractivity contribution in [3.05, 3.63) is 94.2 Å². The van der Waals surface area contributed by atoms with E-state index in [1.807, 2.05) is 24.3 Å². The van der Waals surface area contributed by atoms with Gasteiger partial charge in [-0.1, -0.05) is 63.2 Å². The minimum absolute atomic E-state index is 0.0347. The Morgan fingerprint density at radius 3 is 2.25 bits per heavy atom. The van der Waals surface area contributed by atoms with Gasteiger partial charge in [-0.2, -0.15) is 0 Å². The third-order valence-corrected chi connectivity index (χ3v) is 5.79. The number of carbonyl (C=O) groups excluding carboxylic acids is 1. The summed E-state index contributed by atoms with van der Waals surface area (Å²) in [6.45, 7) is 6.36. The molecule has 0 unspecified atom stereocenters. The normalized spacial score (nSPS) is 11.6. The second-order valence-electron chi connectivity index (χ2n) is 9.28. The van der Waals surface area contributed by atoms with Crippen LogP contribution in [0.3, 0.4) is 0 Å². The van der Waals surface area contributed by atoms with Crippen molar-refractivity contribution in [2.24, 2.45) is 0 Å². The summed E-state index contributed by atoms with van der Waals surface area (Å²) in [4.78, 5) is 26.1. The third-order valence-electron chi connectivity index (χ3n) is 5.79. The Kier molecular flexibility index (Phi) is 6.97. The molecule has 0 saturated carbocycles. The van der Waals surface area contributed by atoms with Crippen molar-refractivity contribution in [1.82, 2.24) is 0 Å². The van der Waals surface area contributed by atoms with Crippen molar-refractivity contribution in [3.8, 4) is 28.6 Å². The van der Waals surface area contributed by atoms with Crippen LogP contribution < -0.4 is 19.6 Å². The summed E-state index contributed by atoms with van der Waals surface area (Å²) >= 11 is 0. The van der Waals surface area contributed by atoms with E-state index in [2.05, 4.69) is 20.8 Å². The molecule has 0 amide bonds. The molecule has 0 N–H and O–H groups in total. The molecule has 4 rings (SSSR count). The molecule has 0 aliphatic carbocycles. The Labute approximate surface area is 209 Å². The standard InChI is InChI=1S/C30H28O6/c1-30(2,3)21-14-12-20(13-15-21)28-29(27(32)22-8-6-7-9-23(22)35-28)36-26(31)17-11-19-10-16-24(33-4)25(18-19)34-5/h6-18H,1-5H3. The Bertz CT molecular complexity index is 1490. The van der Waals surface area contributed by atoms with Crippen molar-refractivity contribution < 1.29 is 23.4 Å². The number of esters is 1. The van der Waals surface area contributed by atoms with Crippen molar-refractivity contribution in [1.29, 1.82) is 0 Å². The molecule has 4 aromatic rings. The van der Waals surface area contributed by atoms with Gasteiger partial charge in [-0.15, -0.1) is 0 Å². The van der Waals surface area contributed by atoms with Crippen LogP contribution in [0.1, 0.15) is 31.9 Å². The first-order valence-electron chi connectivity index (χ1n) is 11.5. The summed E-state index contributed by atoms with van der Waals surface area (Å²) in [6, 6.07) is 19.8. The minimum Gasteiger partial charge on any atom is -0.493 e. The van der Waals surface area contributed by atoms with Gasteiger partial charge >= 0.3 is 5.97 Å². The number of ether oxygens (including phenoxy) is 3. The van der Waals surface area contributed by atoms with E-state index in [1.54, 1.807) is 55.7 Å². The van der Waals surface area contributed by atoms with Gasteiger partial charge in [0.2, 0.25) is 11.2 Å². The maximum Gasteiger partial charge on any atom is 0.336 e. The number of hydrogen-bond donors (Lipinski definition) is 0. The van der Waals surface area contributed by atoms with Gasteiger partial charge in [0.15, 0.2) is 17.3 Å². The number of methoxy groups -OCH3 is 2. The van der Waals surface area contributed by atoms with Gasteiger partial charge in [-0.05, 0) is 46.9 Å². The van der Waals surface area contributed by atoms with Crippen molar-refractivity contribution >= 4 is 23.0 Å². The predicted molar refractivity (Wildman–Crippen MR) is 141 cm³/mol. The second-order valence-corrected chi connectivity index (χ2v) is 9.28. The Morgan fingerprint density at radius 2 is 1.58 bits per heavy atom. The van der Waals surface area contributed by atoms with E-state index in [4.69, 9.17) is 18.6 Å². The molecule has 1 aromatic heterocycles. The topological polar surface area (TPSA) is 75.0 Å². The molecule has 6 nitrogen and oxygen atoms in total. The lowest BCUT2D eigenvalue weighted by Gasteiger charge is -2.19. The monoisotopic (exact) mass is 484 g/mol. The molecule has 0 radical (unpaired) electrons. The van der Waals surface area contributed by atoms with E-state index in [1.165, 1.54) is 13.2 Å². The highest BCUT2D eigenvalue weighted by Gasteiger charge is 2.21. The van der Waals surface area contributed by atoms with E-state index in [-0.39, 0.29) is 16.9 Å². The Balaban J connectivity index is 1.71. The quantitative estimate of drug-likeness (QED) is 0.233. The SMILES string of the molecule is COc1ccc(C=CC(=O)Oc2c(-c3ccc(C(C)(C)C)cc3)oc3ccccc3c2=O)cc1OC. The summed E-state index contributed by atoms with van der Waals surface area (Å²) in [5, 5.41) is 0.333. The third kappa shape index (κ3) is 5.18. The van der Waals surface area contributed by atoms with Gasteiger partial charge in [-0.3, -0.25) is 4.79 Å². The second kappa shape index (κ2) is 10.1. The average molecular weight is 485 g/mol. The summed E-state index contributed by atoms with van der Waals surface area (Å²) in [5.74, 6) is 0.448. The van der Waals surface area contributed by atoms with E-state index in [0.717, 1.165) is 5.56 Å². The van der Waals surface area contributed by atoms with E-state index in [0.29, 0.717) is 33.6 Å². The van der Waals surface area contributed by atoms with Gasteiger partial charge in [-0.25, -0.2) is 4.79 Å². The molecular weight excluding hydrogens is 456 g/mol. The number of rotatable bonds is 6. The van der Waals surface area contributed by atoms with Crippen LogP contribution in [0.25, 0.3) is 28.4 Å². The van der Waals surface area contributed by atoms with E-state index in [9.17, 15) is 9.59 Å². The van der Waals surface area contributed by atoms with Crippen LogP contribution in [0, 0.1) is 0 Å². The van der Waals surface area contributed by atoms with Crippen LogP contribution in [0.2, 0.25) is 0 Å². The zero-order valence-electron chi connectivity index (χ0n) is 21.0. The van der Waals surface area contributed by atoms with Crippen molar-refractivity contribution in [3.63, 3.8) is 0 Å². The van der Waals surface area contributed by atoms with E-state index >= 15 is 0 Å². The molecule has 184 valence electrons. The van der Waals surface area contributed by atoms with E-state index < -0.39 is 11.4 Å². The minimum atomic E-state index is -0.708. The summed E-state index contributed by atoms with van der Waals surface area (Å²) in [5.41, 5.74) is 2.43. The Morgan fingerprint density at radius 1 is 0.889 bits per heavy atom. The summed E-state index contributed by atoms with van der Waals surface area (Å²) < 4.78 is 22.2. The molecule has 0 aliphatic rings. The average Bonchev–Trinajstić information content (AvgIpc) is 2.88. The molecule has 0 fully saturated rings. The highest BCUT2D eigenvalue weighted by Crippen LogP contribution is 2.33. The molecule has 0 atom stereocenters. The van der Waals surface area contributed by atoms with Crippen molar-refractivity contribution in [2.75, 3.05) is 14.2 Å². The smallest absolute Gasteiger partial charge is 0.336 e. The van der Waals surface area contributed by atoms with Crippen LogP contribution in [0.15, 0.2) is 82.0 Å².